The number of piperazine rings is 1. The zero-order valence-electron chi connectivity index (χ0n) is 14.4. The van der Waals surface area contributed by atoms with Gasteiger partial charge in [-0.25, -0.2) is 17.2 Å². The molecule has 0 atom stereocenters. The fraction of sp³-hybridized carbons (Fsp3) is 0.333. The van der Waals surface area contributed by atoms with E-state index in [1.54, 1.807) is 7.11 Å². The Morgan fingerprint density at radius 2 is 1.73 bits per heavy atom. The van der Waals surface area contributed by atoms with Gasteiger partial charge in [-0.1, -0.05) is 18.2 Å². The van der Waals surface area contributed by atoms with Crippen LogP contribution in [0.15, 0.2) is 47.4 Å². The molecule has 140 valence electrons. The third-order valence-electron chi connectivity index (χ3n) is 4.43. The van der Waals surface area contributed by atoms with Gasteiger partial charge in [-0.15, -0.1) is 0 Å². The Morgan fingerprint density at radius 3 is 2.38 bits per heavy atom. The van der Waals surface area contributed by atoms with Crippen LogP contribution in [0.5, 0.6) is 5.75 Å². The Hall–Kier alpha value is -2.03. The van der Waals surface area contributed by atoms with Gasteiger partial charge in [-0.05, 0) is 18.2 Å². The minimum atomic E-state index is -3.98. The average Bonchev–Trinajstić information content (AvgIpc) is 2.62. The smallest absolute Gasteiger partial charge is 0.246 e. The van der Waals surface area contributed by atoms with Crippen molar-refractivity contribution in [1.29, 1.82) is 0 Å². The molecule has 0 spiro atoms. The van der Waals surface area contributed by atoms with E-state index >= 15 is 0 Å². The highest BCUT2D eigenvalue weighted by Gasteiger charge is 2.30. The highest BCUT2D eigenvalue weighted by molar-refractivity contribution is 7.89. The summed E-state index contributed by atoms with van der Waals surface area (Å²) in [7, 11) is -2.37. The summed E-state index contributed by atoms with van der Waals surface area (Å²) in [6.45, 7) is 2.16. The third-order valence-corrected chi connectivity index (χ3v) is 6.36. The standard InChI is InChI=1S/C18H20F2N2O3S/c1-25-17-5-3-2-4-14(17)13-21-8-10-22(11-9-21)26(23,24)18-7-6-15(19)12-16(18)20/h2-7,12H,8-11,13H2,1H3. The van der Waals surface area contributed by atoms with Gasteiger partial charge < -0.3 is 4.74 Å². The normalized spacial score (nSPS) is 16.6. The number of ether oxygens (including phenoxy) is 1. The lowest BCUT2D eigenvalue weighted by atomic mass is 10.2. The van der Waals surface area contributed by atoms with Gasteiger partial charge in [-0.3, -0.25) is 4.90 Å². The average molecular weight is 382 g/mol. The van der Waals surface area contributed by atoms with Gasteiger partial charge in [0.1, 0.15) is 22.3 Å². The van der Waals surface area contributed by atoms with Crippen molar-refractivity contribution in [2.24, 2.45) is 0 Å². The Labute approximate surface area is 151 Å². The molecule has 5 nitrogen and oxygen atoms in total. The van der Waals surface area contributed by atoms with Gasteiger partial charge in [0, 0.05) is 44.4 Å². The van der Waals surface area contributed by atoms with Gasteiger partial charge in [-0.2, -0.15) is 4.31 Å². The van der Waals surface area contributed by atoms with Crippen LogP contribution >= 0.6 is 0 Å². The molecule has 0 bridgehead atoms. The lowest BCUT2D eigenvalue weighted by Gasteiger charge is -2.34. The summed E-state index contributed by atoms with van der Waals surface area (Å²) < 4.78 is 58.7. The van der Waals surface area contributed by atoms with Crippen molar-refractivity contribution >= 4 is 10.0 Å². The third kappa shape index (κ3) is 3.87. The Kier molecular flexibility index (Phi) is 5.55. The SMILES string of the molecule is COc1ccccc1CN1CCN(S(=O)(=O)c2ccc(F)cc2F)CC1. The Balaban J connectivity index is 1.68. The fourth-order valence-electron chi connectivity index (χ4n) is 3.03. The van der Waals surface area contributed by atoms with Crippen LogP contribution in [-0.2, 0) is 16.6 Å². The number of sulfonamides is 1. The molecule has 1 fully saturated rings. The van der Waals surface area contributed by atoms with Gasteiger partial charge in [0.2, 0.25) is 10.0 Å². The molecule has 8 heteroatoms. The van der Waals surface area contributed by atoms with Gasteiger partial charge in [0.05, 0.1) is 7.11 Å². The van der Waals surface area contributed by atoms with Crippen LogP contribution < -0.4 is 4.74 Å². The highest BCUT2D eigenvalue weighted by Crippen LogP contribution is 2.23. The zero-order valence-corrected chi connectivity index (χ0v) is 15.2. The molecule has 1 aliphatic rings. The van der Waals surface area contributed by atoms with Crippen molar-refractivity contribution in [2.75, 3.05) is 33.3 Å². The summed E-state index contributed by atoms with van der Waals surface area (Å²) in [6.07, 6.45) is 0. The van der Waals surface area contributed by atoms with Crippen molar-refractivity contribution in [3.05, 3.63) is 59.7 Å². The topological polar surface area (TPSA) is 49.9 Å². The molecule has 1 aliphatic heterocycles. The first-order valence-electron chi connectivity index (χ1n) is 8.21. The second-order valence-electron chi connectivity index (χ2n) is 6.07. The van der Waals surface area contributed by atoms with Crippen LogP contribution in [0.2, 0.25) is 0 Å². The van der Waals surface area contributed by atoms with Crippen molar-refractivity contribution in [2.45, 2.75) is 11.4 Å². The first kappa shape index (κ1) is 18.8. The molecular weight excluding hydrogens is 362 g/mol. The highest BCUT2D eigenvalue weighted by atomic mass is 32.2. The fourth-order valence-corrected chi connectivity index (χ4v) is 4.49. The maximum atomic E-state index is 13.9. The van der Waals surface area contributed by atoms with Crippen LogP contribution in [0.3, 0.4) is 0 Å². The van der Waals surface area contributed by atoms with Crippen LogP contribution in [0.4, 0.5) is 8.78 Å². The van der Waals surface area contributed by atoms with E-state index in [0.717, 1.165) is 23.4 Å². The van der Waals surface area contributed by atoms with Gasteiger partial charge in [0.15, 0.2) is 0 Å². The number of benzene rings is 2. The monoisotopic (exact) mass is 382 g/mol. The van der Waals surface area contributed by atoms with Crippen LogP contribution in [0.25, 0.3) is 0 Å². The van der Waals surface area contributed by atoms with Crippen LogP contribution in [0.1, 0.15) is 5.56 Å². The van der Waals surface area contributed by atoms with Crippen LogP contribution in [-0.4, -0.2) is 50.9 Å². The summed E-state index contributed by atoms with van der Waals surface area (Å²) in [6, 6.07) is 10.2. The van der Waals surface area contributed by atoms with E-state index in [9.17, 15) is 17.2 Å². The molecule has 1 heterocycles. The molecule has 2 aromatic carbocycles. The molecule has 0 unspecified atom stereocenters. The zero-order chi connectivity index (χ0) is 18.7. The van der Waals surface area contributed by atoms with Gasteiger partial charge >= 0.3 is 0 Å². The molecule has 0 aliphatic carbocycles. The second-order valence-corrected chi connectivity index (χ2v) is 7.97. The maximum Gasteiger partial charge on any atom is 0.246 e. The molecule has 26 heavy (non-hydrogen) atoms. The van der Waals surface area contributed by atoms with E-state index in [-0.39, 0.29) is 13.1 Å². The summed E-state index contributed by atoms with van der Waals surface area (Å²) in [5, 5.41) is 0. The minimum Gasteiger partial charge on any atom is -0.496 e. The predicted octanol–water partition coefficient (Wildman–Crippen LogP) is 2.48. The number of hydrogen-bond acceptors (Lipinski definition) is 4. The summed E-state index contributed by atoms with van der Waals surface area (Å²) >= 11 is 0. The van der Waals surface area contributed by atoms with Crippen LogP contribution in [0, 0.1) is 11.6 Å². The number of para-hydroxylation sites is 1. The molecule has 0 aromatic heterocycles. The molecule has 3 rings (SSSR count). The Morgan fingerprint density at radius 1 is 1.04 bits per heavy atom. The predicted molar refractivity (Wildman–Crippen MR) is 93.4 cm³/mol. The van der Waals surface area contributed by atoms with Crippen molar-refractivity contribution in [1.82, 2.24) is 9.21 Å². The van der Waals surface area contributed by atoms with Crippen molar-refractivity contribution in [3.8, 4) is 5.75 Å². The van der Waals surface area contributed by atoms with Crippen molar-refractivity contribution in [3.63, 3.8) is 0 Å². The summed E-state index contributed by atoms with van der Waals surface area (Å²) in [5.41, 5.74) is 1.02. The Bertz CT molecular complexity index is 882. The molecule has 0 amide bonds. The molecule has 0 N–H and O–H groups in total. The second kappa shape index (κ2) is 7.69. The molecule has 0 saturated carbocycles. The molecule has 1 saturated heterocycles. The minimum absolute atomic E-state index is 0.244. The van der Waals surface area contributed by atoms with E-state index in [0.29, 0.717) is 25.7 Å². The van der Waals surface area contributed by atoms with Gasteiger partial charge in [0.25, 0.3) is 0 Å². The molecular formula is C18H20F2N2O3S. The first-order valence-corrected chi connectivity index (χ1v) is 9.65. The lowest BCUT2D eigenvalue weighted by Crippen LogP contribution is -2.48. The quantitative estimate of drug-likeness (QED) is 0.797. The summed E-state index contributed by atoms with van der Waals surface area (Å²) in [5.74, 6) is -1.08. The number of hydrogen-bond donors (Lipinski definition) is 0. The number of nitrogens with zero attached hydrogens (tertiary/aromatic N) is 2. The number of rotatable bonds is 5. The van der Waals surface area contributed by atoms with E-state index < -0.39 is 26.6 Å². The van der Waals surface area contributed by atoms with E-state index in [1.807, 2.05) is 24.3 Å². The maximum absolute atomic E-state index is 13.9. The van der Waals surface area contributed by atoms with E-state index in [1.165, 1.54) is 4.31 Å². The summed E-state index contributed by atoms with van der Waals surface area (Å²) in [4.78, 5) is 1.63. The van der Waals surface area contributed by atoms with E-state index in [4.69, 9.17) is 4.74 Å². The molecule has 0 radical (unpaired) electrons. The van der Waals surface area contributed by atoms with E-state index in [2.05, 4.69) is 4.90 Å². The first-order chi connectivity index (χ1) is 12.4. The molecule has 2 aromatic rings. The van der Waals surface area contributed by atoms with Crippen molar-refractivity contribution < 1.29 is 21.9 Å². The lowest BCUT2D eigenvalue weighted by molar-refractivity contribution is 0.179. The number of halogens is 2. The number of methoxy groups -OCH3 is 1. The largest absolute Gasteiger partial charge is 0.496 e.